The van der Waals surface area contributed by atoms with E-state index in [-0.39, 0.29) is 23.4 Å². The van der Waals surface area contributed by atoms with Gasteiger partial charge in [-0.05, 0) is 37.0 Å². The average molecular weight is 346 g/mol. The van der Waals surface area contributed by atoms with Crippen LogP contribution in [0, 0.1) is 0 Å². The molecule has 3 N–H and O–H groups in total. The van der Waals surface area contributed by atoms with Crippen LogP contribution >= 0.6 is 0 Å². The molecule has 25 heavy (non-hydrogen) atoms. The van der Waals surface area contributed by atoms with Gasteiger partial charge >= 0.3 is 0 Å². The van der Waals surface area contributed by atoms with Crippen LogP contribution in [0.4, 0.5) is 0 Å². The normalized spacial score (nSPS) is 16.6. The van der Waals surface area contributed by atoms with E-state index < -0.39 is 0 Å². The van der Waals surface area contributed by atoms with Gasteiger partial charge in [0.15, 0.2) is 11.5 Å². The van der Waals surface area contributed by atoms with Crippen molar-refractivity contribution in [2.24, 2.45) is 0 Å². The van der Waals surface area contributed by atoms with Gasteiger partial charge in [-0.15, -0.1) is 0 Å². The Bertz CT molecular complexity index is 743. The van der Waals surface area contributed by atoms with Crippen molar-refractivity contribution in [1.82, 2.24) is 0 Å². The topological polar surface area (TPSA) is 88.4 Å². The minimum atomic E-state index is -0.277. The number of methoxy groups -OCH3 is 1. The third kappa shape index (κ3) is 3.91. The number of hydrogen-bond acceptors (Lipinski definition) is 6. The molecule has 0 spiro atoms. The highest BCUT2D eigenvalue weighted by Gasteiger charge is 2.23. The molecule has 0 saturated heterocycles. The molecule has 2 aromatic carbocycles. The second-order valence-corrected chi connectivity index (χ2v) is 6.01. The Morgan fingerprint density at radius 2 is 1.92 bits per heavy atom. The number of fused-ring (bicyclic) bond motifs is 1. The van der Waals surface area contributed by atoms with E-state index in [0.717, 1.165) is 18.4 Å². The molecule has 1 aliphatic heterocycles. The molecule has 134 valence electrons. The quantitative estimate of drug-likeness (QED) is 0.720. The highest BCUT2D eigenvalue weighted by molar-refractivity contribution is 5.50. The van der Waals surface area contributed by atoms with E-state index >= 15 is 0 Å². The summed E-state index contributed by atoms with van der Waals surface area (Å²) in [5.41, 5.74) is 1.51. The number of rotatable bonds is 5. The van der Waals surface area contributed by atoms with E-state index in [1.54, 1.807) is 19.2 Å². The standard InChI is InChI=1S/C19H22O6/c1-23-7-8-24-18-6-5-12(9-16(18)22)17-4-2-3-14-15(21)10-13(20)11-19(14)25-17/h5-6,9-11,17,20-22H,2-4,7-8H2,1H3. The van der Waals surface area contributed by atoms with Crippen molar-refractivity contribution in [2.75, 3.05) is 20.3 Å². The maximum absolute atomic E-state index is 10.2. The SMILES string of the molecule is COCCOc1ccc(C2CCCc3c(O)cc(O)cc3O2)cc1O. The monoisotopic (exact) mass is 346 g/mol. The zero-order chi connectivity index (χ0) is 17.8. The Labute approximate surface area is 146 Å². The molecule has 0 aliphatic carbocycles. The Morgan fingerprint density at radius 1 is 1.08 bits per heavy atom. The molecule has 2 aromatic rings. The highest BCUT2D eigenvalue weighted by Crippen LogP contribution is 2.41. The first-order chi connectivity index (χ1) is 12.1. The van der Waals surface area contributed by atoms with Crippen LogP contribution in [0.15, 0.2) is 30.3 Å². The Hall–Kier alpha value is -2.60. The van der Waals surface area contributed by atoms with Gasteiger partial charge in [0.25, 0.3) is 0 Å². The zero-order valence-corrected chi connectivity index (χ0v) is 14.1. The summed E-state index contributed by atoms with van der Waals surface area (Å²) < 4.78 is 16.4. The van der Waals surface area contributed by atoms with E-state index in [9.17, 15) is 15.3 Å². The number of ether oxygens (including phenoxy) is 3. The first-order valence-corrected chi connectivity index (χ1v) is 8.24. The molecule has 1 atom stereocenters. The summed E-state index contributed by atoms with van der Waals surface area (Å²) in [6.07, 6.45) is 1.95. The summed E-state index contributed by atoms with van der Waals surface area (Å²) in [7, 11) is 1.59. The second kappa shape index (κ2) is 7.53. The van der Waals surface area contributed by atoms with E-state index in [0.29, 0.717) is 36.7 Å². The van der Waals surface area contributed by atoms with Gasteiger partial charge in [-0.1, -0.05) is 6.07 Å². The van der Waals surface area contributed by atoms with Crippen LogP contribution in [0.3, 0.4) is 0 Å². The number of benzene rings is 2. The Kier molecular flexibility index (Phi) is 5.19. The lowest BCUT2D eigenvalue weighted by Gasteiger charge is -2.19. The van der Waals surface area contributed by atoms with Gasteiger partial charge < -0.3 is 29.5 Å². The van der Waals surface area contributed by atoms with Gasteiger partial charge in [-0.25, -0.2) is 0 Å². The molecule has 0 radical (unpaired) electrons. The zero-order valence-electron chi connectivity index (χ0n) is 14.1. The molecule has 1 unspecified atom stereocenters. The van der Waals surface area contributed by atoms with Crippen molar-refractivity contribution in [3.05, 3.63) is 41.5 Å². The maximum Gasteiger partial charge on any atom is 0.161 e. The van der Waals surface area contributed by atoms with Crippen molar-refractivity contribution >= 4 is 0 Å². The van der Waals surface area contributed by atoms with Gasteiger partial charge in [0.2, 0.25) is 0 Å². The van der Waals surface area contributed by atoms with Crippen LogP contribution in [0.1, 0.15) is 30.1 Å². The van der Waals surface area contributed by atoms with Crippen LogP contribution in [0.5, 0.6) is 28.7 Å². The maximum atomic E-state index is 10.2. The van der Waals surface area contributed by atoms with Crippen LogP contribution in [-0.2, 0) is 11.2 Å². The third-order valence-electron chi connectivity index (χ3n) is 4.23. The predicted molar refractivity (Wildman–Crippen MR) is 91.6 cm³/mol. The van der Waals surface area contributed by atoms with Crippen LogP contribution < -0.4 is 9.47 Å². The lowest BCUT2D eigenvalue weighted by atomic mass is 10.0. The van der Waals surface area contributed by atoms with Crippen molar-refractivity contribution in [3.63, 3.8) is 0 Å². The number of hydrogen-bond donors (Lipinski definition) is 3. The third-order valence-corrected chi connectivity index (χ3v) is 4.23. The predicted octanol–water partition coefficient (Wildman–Crippen LogP) is 3.29. The molecule has 0 aromatic heterocycles. The fraction of sp³-hybridized carbons (Fsp3) is 0.368. The van der Waals surface area contributed by atoms with Crippen LogP contribution in [-0.4, -0.2) is 35.6 Å². The summed E-state index contributed by atoms with van der Waals surface area (Å²) >= 11 is 0. The highest BCUT2D eigenvalue weighted by atomic mass is 16.5. The fourth-order valence-corrected chi connectivity index (χ4v) is 2.98. The summed E-state index contributed by atoms with van der Waals surface area (Å²) in [5.74, 6) is 0.910. The fourth-order valence-electron chi connectivity index (χ4n) is 2.98. The lowest BCUT2D eigenvalue weighted by Crippen LogP contribution is -2.07. The van der Waals surface area contributed by atoms with E-state index in [2.05, 4.69) is 0 Å². The summed E-state index contributed by atoms with van der Waals surface area (Å²) in [5, 5.41) is 29.9. The van der Waals surface area contributed by atoms with Crippen molar-refractivity contribution in [1.29, 1.82) is 0 Å². The molecule has 0 fully saturated rings. The number of aromatic hydroxyl groups is 3. The Morgan fingerprint density at radius 3 is 2.68 bits per heavy atom. The van der Waals surface area contributed by atoms with Gasteiger partial charge in [-0.3, -0.25) is 0 Å². The van der Waals surface area contributed by atoms with Crippen molar-refractivity contribution in [2.45, 2.75) is 25.4 Å². The molecule has 1 heterocycles. The van der Waals surface area contributed by atoms with E-state index in [1.807, 2.05) is 6.07 Å². The second-order valence-electron chi connectivity index (χ2n) is 6.01. The molecule has 0 saturated carbocycles. The van der Waals surface area contributed by atoms with Crippen molar-refractivity contribution < 1.29 is 29.5 Å². The number of phenols is 3. The minimum absolute atomic E-state index is 0.0401. The molecule has 6 nitrogen and oxygen atoms in total. The summed E-state index contributed by atoms with van der Waals surface area (Å²) in [6, 6.07) is 8.01. The molecule has 3 rings (SSSR count). The first kappa shape index (κ1) is 17.2. The Balaban J connectivity index is 1.80. The molecular formula is C19H22O6. The average Bonchev–Trinajstić information content (AvgIpc) is 2.79. The number of phenolic OH excluding ortho intramolecular Hbond substituents is 3. The summed E-state index contributed by atoms with van der Waals surface area (Å²) in [4.78, 5) is 0. The van der Waals surface area contributed by atoms with E-state index in [4.69, 9.17) is 14.2 Å². The van der Waals surface area contributed by atoms with Gasteiger partial charge in [0.1, 0.15) is 30.0 Å². The summed E-state index contributed by atoms with van der Waals surface area (Å²) in [6.45, 7) is 0.798. The first-order valence-electron chi connectivity index (χ1n) is 8.24. The van der Waals surface area contributed by atoms with E-state index in [1.165, 1.54) is 12.1 Å². The lowest BCUT2D eigenvalue weighted by molar-refractivity contribution is 0.144. The minimum Gasteiger partial charge on any atom is -0.508 e. The largest absolute Gasteiger partial charge is 0.508 e. The molecule has 0 bridgehead atoms. The van der Waals surface area contributed by atoms with Gasteiger partial charge in [0.05, 0.1) is 6.61 Å². The van der Waals surface area contributed by atoms with Crippen LogP contribution in [0.2, 0.25) is 0 Å². The molecule has 0 amide bonds. The molecule has 6 heteroatoms. The van der Waals surface area contributed by atoms with Gasteiger partial charge in [-0.2, -0.15) is 0 Å². The van der Waals surface area contributed by atoms with Crippen LogP contribution in [0.25, 0.3) is 0 Å². The molecule has 1 aliphatic rings. The molecular weight excluding hydrogens is 324 g/mol. The van der Waals surface area contributed by atoms with Gasteiger partial charge in [0, 0.05) is 24.8 Å². The smallest absolute Gasteiger partial charge is 0.161 e. The van der Waals surface area contributed by atoms with Crippen molar-refractivity contribution in [3.8, 4) is 28.7 Å².